The van der Waals surface area contributed by atoms with E-state index in [-0.39, 0.29) is 0 Å². The van der Waals surface area contributed by atoms with Crippen molar-refractivity contribution in [1.82, 2.24) is 10.2 Å². The van der Waals surface area contributed by atoms with Crippen molar-refractivity contribution in [3.8, 4) is 0 Å². The topological polar surface area (TPSA) is 66.6 Å². The molecule has 2 rings (SSSR count). The van der Waals surface area contributed by atoms with Crippen molar-refractivity contribution < 1.29 is 10.2 Å². The normalized spacial score (nSPS) is 10.8. The first-order valence-corrected chi connectivity index (χ1v) is 7.14. The van der Waals surface area contributed by atoms with E-state index in [1.807, 2.05) is 24.3 Å². The summed E-state index contributed by atoms with van der Waals surface area (Å²) in [5, 5.41) is 9.34. The molecule has 0 saturated heterocycles. The fourth-order valence-corrected chi connectivity index (χ4v) is 2.49. The first kappa shape index (κ1) is 13.4. The van der Waals surface area contributed by atoms with Crippen molar-refractivity contribution in [3.05, 3.63) is 40.7 Å². The van der Waals surface area contributed by atoms with Gasteiger partial charge in [-0.15, -0.1) is 10.2 Å². The highest BCUT2D eigenvalue weighted by molar-refractivity contribution is 7.98. The largest absolute Gasteiger partial charge is 0.416 e. The van der Waals surface area contributed by atoms with Gasteiger partial charge in [-0.2, -0.15) is 0 Å². The molecule has 0 amide bonds. The quantitative estimate of drug-likeness (QED) is 0.826. The van der Waals surface area contributed by atoms with E-state index < -0.39 is 0 Å². The standard InChI is InChI=1S/C12H14ClN3OS/c13-10-5-2-1-4-9(10)8-18-12-16-15-11(17-12)6-3-7-14/h1-2,4-5H,3,6-8,14H2/p+1. The number of nitrogens with zero attached hydrogens (tertiary/aromatic N) is 2. The molecule has 96 valence electrons. The Bertz CT molecular complexity index is 504. The molecule has 0 aliphatic carbocycles. The van der Waals surface area contributed by atoms with Crippen molar-refractivity contribution in [2.45, 2.75) is 23.8 Å². The summed E-state index contributed by atoms with van der Waals surface area (Å²) < 4.78 is 5.52. The number of thioether (sulfide) groups is 1. The zero-order valence-electron chi connectivity index (χ0n) is 9.93. The zero-order chi connectivity index (χ0) is 12.8. The molecule has 1 aromatic heterocycles. The van der Waals surface area contributed by atoms with Gasteiger partial charge in [0.1, 0.15) is 0 Å². The Morgan fingerprint density at radius 3 is 2.89 bits per heavy atom. The average Bonchev–Trinajstić information content (AvgIpc) is 2.83. The van der Waals surface area contributed by atoms with E-state index in [9.17, 15) is 0 Å². The maximum atomic E-state index is 6.08. The van der Waals surface area contributed by atoms with Crippen molar-refractivity contribution in [2.75, 3.05) is 6.54 Å². The summed E-state index contributed by atoms with van der Waals surface area (Å²) in [4.78, 5) is 0. The summed E-state index contributed by atoms with van der Waals surface area (Å²) in [5.74, 6) is 1.41. The Balaban J connectivity index is 1.90. The Morgan fingerprint density at radius 2 is 2.11 bits per heavy atom. The third-order valence-electron chi connectivity index (χ3n) is 2.40. The fraction of sp³-hybridized carbons (Fsp3) is 0.333. The molecule has 0 fully saturated rings. The van der Waals surface area contributed by atoms with Gasteiger partial charge >= 0.3 is 0 Å². The minimum atomic E-state index is 0.592. The minimum absolute atomic E-state index is 0.592. The van der Waals surface area contributed by atoms with E-state index in [1.54, 1.807) is 0 Å². The number of aryl methyl sites for hydroxylation is 1. The van der Waals surface area contributed by atoms with Gasteiger partial charge in [0, 0.05) is 23.6 Å². The van der Waals surface area contributed by atoms with Crippen LogP contribution < -0.4 is 5.73 Å². The van der Waals surface area contributed by atoms with Gasteiger partial charge in [-0.3, -0.25) is 0 Å². The number of aromatic nitrogens is 2. The predicted molar refractivity (Wildman–Crippen MR) is 71.4 cm³/mol. The van der Waals surface area contributed by atoms with E-state index in [4.69, 9.17) is 16.0 Å². The van der Waals surface area contributed by atoms with Crippen molar-refractivity contribution >= 4 is 23.4 Å². The first-order valence-electron chi connectivity index (χ1n) is 5.77. The molecular weight excluding hydrogens is 270 g/mol. The molecule has 0 bridgehead atoms. The molecule has 0 spiro atoms. The number of quaternary nitrogens is 1. The van der Waals surface area contributed by atoms with Crippen molar-refractivity contribution in [1.29, 1.82) is 0 Å². The van der Waals surface area contributed by atoms with E-state index in [0.29, 0.717) is 11.1 Å². The van der Waals surface area contributed by atoms with E-state index in [2.05, 4.69) is 15.9 Å². The van der Waals surface area contributed by atoms with Gasteiger partial charge in [-0.25, -0.2) is 0 Å². The van der Waals surface area contributed by atoms with Crippen LogP contribution >= 0.6 is 23.4 Å². The number of rotatable bonds is 6. The molecule has 0 unspecified atom stereocenters. The lowest BCUT2D eigenvalue weighted by molar-refractivity contribution is -0.368. The van der Waals surface area contributed by atoms with Crippen molar-refractivity contribution in [3.63, 3.8) is 0 Å². The van der Waals surface area contributed by atoms with Gasteiger partial charge in [0.05, 0.1) is 6.54 Å². The Hall–Kier alpha value is -1.04. The molecule has 3 N–H and O–H groups in total. The highest BCUT2D eigenvalue weighted by atomic mass is 35.5. The average molecular weight is 285 g/mol. The predicted octanol–water partition coefficient (Wildman–Crippen LogP) is 2.19. The minimum Gasteiger partial charge on any atom is -0.416 e. The highest BCUT2D eigenvalue weighted by Gasteiger charge is 2.08. The smallest absolute Gasteiger partial charge is 0.276 e. The lowest BCUT2D eigenvalue weighted by Crippen LogP contribution is -2.50. The Labute approximate surface area is 115 Å². The summed E-state index contributed by atoms with van der Waals surface area (Å²) in [6, 6.07) is 7.76. The van der Waals surface area contributed by atoms with Crippen LogP contribution in [-0.2, 0) is 12.2 Å². The number of benzene rings is 1. The van der Waals surface area contributed by atoms with Crippen LogP contribution in [0.2, 0.25) is 5.02 Å². The van der Waals surface area contributed by atoms with E-state index in [0.717, 1.165) is 35.7 Å². The molecule has 0 atom stereocenters. The van der Waals surface area contributed by atoms with Gasteiger partial charge in [-0.1, -0.05) is 41.6 Å². The van der Waals surface area contributed by atoms with Gasteiger partial charge in [0.15, 0.2) is 0 Å². The monoisotopic (exact) mass is 284 g/mol. The van der Waals surface area contributed by atoms with Crippen LogP contribution in [0.4, 0.5) is 0 Å². The molecule has 18 heavy (non-hydrogen) atoms. The summed E-state index contributed by atoms with van der Waals surface area (Å²) in [6.07, 6.45) is 1.76. The van der Waals surface area contributed by atoms with Crippen LogP contribution in [0.15, 0.2) is 33.9 Å². The summed E-state index contributed by atoms with van der Waals surface area (Å²) in [7, 11) is 0. The molecule has 1 heterocycles. The molecule has 2 aromatic rings. The van der Waals surface area contributed by atoms with Crippen LogP contribution in [0.3, 0.4) is 0 Å². The summed E-state index contributed by atoms with van der Waals surface area (Å²) in [5.41, 5.74) is 4.85. The Kier molecular flexibility index (Phi) is 5.04. The molecule has 0 saturated carbocycles. The van der Waals surface area contributed by atoms with E-state index in [1.165, 1.54) is 11.8 Å². The number of hydrogen-bond donors (Lipinski definition) is 1. The van der Waals surface area contributed by atoms with Crippen molar-refractivity contribution in [2.24, 2.45) is 0 Å². The third kappa shape index (κ3) is 3.73. The van der Waals surface area contributed by atoms with E-state index >= 15 is 0 Å². The lowest BCUT2D eigenvalue weighted by atomic mass is 10.2. The molecule has 6 heteroatoms. The second-order valence-electron chi connectivity index (χ2n) is 3.80. The van der Waals surface area contributed by atoms with Crippen LogP contribution in [0.25, 0.3) is 0 Å². The molecule has 1 aromatic carbocycles. The second-order valence-corrected chi connectivity index (χ2v) is 5.13. The fourth-order valence-electron chi connectivity index (χ4n) is 1.43. The van der Waals surface area contributed by atoms with Gasteiger partial charge < -0.3 is 10.2 Å². The van der Waals surface area contributed by atoms with Crippen LogP contribution in [0.5, 0.6) is 0 Å². The zero-order valence-corrected chi connectivity index (χ0v) is 11.5. The maximum absolute atomic E-state index is 6.08. The highest BCUT2D eigenvalue weighted by Crippen LogP contribution is 2.25. The molecule has 0 radical (unpaired) electrons. The van der Waals surface area contributed by atoms with Crippen LogP contribution in [0, 0.1) is 0 Å². The molecule has 0 aliphatic heterocycles. The summed E-state index contributed by atoms with van der Waals surface area (Å²) in [6.45, 7) is 0.879. The maximum Gasteiger partial charge on any atom is 0.276 e. The van der Waals surface area contributed by atoms with Gasteiger partial charge in [0.2, 0.25) is 5.89 Å². The Morgan fingerprint density at radius 1 is 1.28 bits per heavy atom. The lowest BCUT2D eigenvalue weighted by Gasteiger charge is -2.00. The SMILES string of the molecule is [NH3+]CCCc1nnc(SCc2ccccc2Cl)o1. The molecule has 0 aliphatic rings. The van der Waals surface area contributed by atoms with Crippen LogP contribution in [-0.4, -0.2) is 16.7 Å². The molecular formula is C12H15ClN3OS+. The van der Waals surface area contributed by atoms with Gasteiger partial charge in [-0.05, 0) is 11.6 Å². The number of halogens is 1. The molecule has 4 nitrogen and oxygen atoms in total. The number of hydrogen-bond acceptors (Lipinski definition) is 4. The first-order chi connectivity index (χ1) is 8.79. The summed E-state index contributed by atoms with van der Waals surface area (Å²) >= 11 is 7.58. The third-order valence-corrected chi connectivity index (χ3v) is 3.63. The second kappa shape index (κ2) is 6.78. The van der Waals surface area contributed by atoms with Crippen LogP contribution in [0.1, 0.15) is 17.9 Å². The van der Waals surface area contributed by atoms with Gasteiger partial charge in [0.25, 0.3) is 5.22 Å².